The summed E-state index contributed by atoms with van der Waals surface area (Å²) < 4.78 is 68.4. The number of pyridine rings is 1. The third kappa shape index (κ3) is 8.25. The van der Waals surface area contributed by atoms with Gasteiger partial charge in [-0.3, -0.25) is 24.5 Å². The number of amides is 3. The maximum absolute atomic E-state index is 15.8. The Kier molecular flexibility index (Phi) is 11.2. The van der Waals surface area contributed by atoms with Crippen LogP contribution in [0.3, 0.4) is 0 Å². The van der Waals surface area contributed by atoms with Crippen molar-refractivity contribution in [1.29, 1.82) is 0 Å². The number of piperidine rings is 3. The van der Waals surface area contributed by atoms with Crippen LogP contribution in [0.4, 0.5) is 40.7 Å². The molecule has 6 heterocycles. The number of aryl methyl sites for hydroxylation is 1. The Morgan fingerprint density at radius 3 is 2.50 bits per heavy atom. The van der Waals surface area contributed by atoms with Gasteiger partial charge in [-0.05, 0) is 93.5 Å². The van der Waals surface area contributed by atoms with Crippen LogP contribution in [0.1, 0.15) is 73.2 Å². The molecule has 0 bridgehead atoms. The molecule has 4 aliphatic heterocycles. The average molecular weight is 880 g/mol. The molecular formula is C43H46ClF4N9O5. The summed E-state index contributed by atoms with van der Waals surface area (Å²) in [6, 6.07) is 5.26. The van der Waals surface area contributed by atoms with Crippen molar-refractivity contribution in [2.24, 2.45) is 18.9 Å². The number of ether oxygens (including phenoxy) is 1. The highest BCUT2D eigenvalue weighted by atomic mass is 35.5. The van der Waals surface area contributed by atoms with Crippen LogP contribution in [0.2, 0.25) is 5.02 Å². The van der Waals surface area contributed by atoms with Gasteiger partial charge in [-0.25, -0.2) is 22.5 Å². The summed E-state index contributed by atoms with van der Waals surface area (Å²) in [4.78, 5) is 63.3. The van der Waals surface area contributed by atoms with Crippen molar-refractivity contribution in [1.82, 2.24) is 30.1 Å². The lowest BCUT2D eigenvalue weighted by atomic mass is 9.87. The first-order chi connectivity index (χ1) is 29.7. The highest BCUT2D eigenvalue weighted by Crippen LogP contribution is 2.46. The van der Waals surface area contributed by atoms with E-state index in [2.05, 4.69) is 36.1 Å². The molecule has 4 N–H and O–H groups in total. The number of nitrogens with zero attached hydrogens (tertiary/aromatic N) is 5. The largest absolute Gasteiger partial charge is 0.480 e. The molecule has 3 amide bonds. The fourth-order valence-corrected chi connectivity index (χ4v) is 9.39. The SMILES string of the molecule is Cn1c(=O)c2c(c3cc(Nc4nc(N5CCC(CN6CCC(c7cccc(C(=O)NC8CCC(=O)NC8=O)c7F)CC6)CC5)ncc4Cl)c(F)cc31)NC(C1CC1)C(F)(F)CO2. The van der Waals surface area contributed by atoms with Crippen LogP contribution in [0.5, 0.6) is 5.75 Å². The molecule has 2 atom stereocenters. The monoisotopic (exact) mass is 879 g/mol. The molecule has 5 aliphatic rings. The number of halogens is 5. The van der Waals surface area contributed by atoms with Gasteiger partial charge in [0, 0.05) is 44.6 Å². The molecule has 4 fully saturated rings. The van der Waals surface area contributed by atoms with Crippen LogP contribution in [0, 0.1) is 23.5 Å². The molecule has 1 saturated carbocycles. The van der Waals surface area contributed by atoms with Gasteiger partial charge in [0.15, 0.2) is 12.4 Å². The van der Waals surface area contributed by atoms with Gasteiger partial charge in [-0.2, -0.15) is 4.98 Å². The molecule has 14 nitrogen and oxygen atoms in total. The fraction of sp³-hybridized carbons (Fsp3) is 0.488. The van der Waals surface area contributed by atoms with Crippen LogP contribution in [0.25, 0.3) is 10.9 Å². The number of hydrogen-bond acceptors (Lipinski definition) is 11. The van der Waals surface area contributed by atoms with Crippen LogP contribution in [0.15, 0.2) is 41.3 Å². The van der Waals surface area contributed by atoms with Crippen molar-refractivity contribution in [3.05, 3.63) is 74.7 Å². The number of likely N-dealkylation sites (tertiary alicyclic amines) is 1. The van der Waals surface area contributed by atoms with E-state index in [9.17, 15) is 19.2 Å². The number of alkyl halides is 2. The first-order valence-corrected chi connectivity index (χ1v) is 21.4. The summed E-state index contributed by atoms with van der Waals surface area (Å²) in [6.45, 7) is 2.81. The highest BCUT2D eigenvalue weighted by Gasteiger charge is 2.51. The van der Waals surface area contributed by atoms with Gasteiger partial charge in [0.05, 0.1) is 34.7 Å². The van der Waals surface area contributed by atoms with Crippen LogP contribution in [-0.2, 0) is 16.6 Å². The smallest absolute Gasteiger partial charge is 0.301 e. The zero-order valence-corrected chi connectivity index (χ0v) is 34.7. The number of carbonyl (C=O) groups excluding carboxylic acids is 3. The number of aromatic nitrogens is 3. The second-order valence-electron chi connectivity index (χ2n) is 17.1. The normalized spacial score (nSPS) is 22.3. The second-order valence-corrected chi connectivity index (χ2v) is 17.5. The summed E-state index contributed by atoms with van der Waals surface area (Å²) >= 11 is 6.53. The first kappa shape index (κ1) is 41.8. The lowest BCUT2D eigenvalue weighted by Crippen LogP contribution is -2.52. The molecular weight excluding hydrogens is 834 g/mol. The van der Waals surface area contributed by atoms with E-state index in [4.69, 9.17) is 16.3 Å². The zero-order valence-electron chi connectivity index (χ0n) is 33.9. The van der Waals surface area contributed by atoms with Gasteiger partial charge < -0.3 is 35.1 Å². The molecule has 9 rings (SSSR count). The molecule has 0 radical (unpaired) electrons. The second kappa shape index (κ2) is 16.7. The standard InChI is InChI=1S/C43H46ClF4N9O5/c1-55-32-18-29(45)31(17-27(32)35-36(41(55)61)62-21-43(47,48)37(53-35)24-5-6-24)50-38-28(44)19-49-42(54-38)57-15-9-22(10-16-57)20-56-13-11-23(12-14-56)25-3-2-4-26(34(25)46)39(59)51-30-7-8-33(58)52-40(30)60/h2-4,17-19,22-24,30,37,53H,5-16,20-21H2,1H3,(H,51,59)(H,49,50,54)(H,52,58,60). The highest BCUT2D eigenvalue weighted by molar-refractivity contribution is 6.33. The van der Waals surface area contributed by atoms with Gasteiger partial charge >= 0.3 is 5.92 Å². The molecule has 4 aromatic rings. The number of rotatable bonds is 9. The summed E-state index contributed by atoms with van der Waals surface area (Å²) in [6.07, 6.45) is 6.15. The minimum absolute atomic E-state index is 0.0288. The fourth-order valence-electron chi connectivity index (χ4n) is 9.26. The van der Waals surface area contributed by atoms with E-state index in [-0.39, 0.29) is 63.7 Å². The molecule has 2 aromatic carbocycles. The summed E-state index contributed by atoms with van der Waals surface area (Å²) in [5.41, 5.74) is -0.0291. The number of fused-ring (bicyclic) bond motifs is 3. The first-order valence-electron chi connectivity index (χ1n) is 21.1. The topological polar surface area (TPSA) is 163 Å². The number of anilines is 4. The van der Waals surface area contributed by atoms with Crippen LogP contribution in [-0.4, -0.2) is 94.5 Å². The van der Waals surface area contributed by atoms with Gasteiger partial charge in [0.25, 0.3) is 11.5 Å². The van der Waals surface area contributed by atoms with E-state index in [1.54, 1.807) is 12.1 Å². The van der Waals surface area contributed by atoms with Crippen LogP contribution >= 0.6 is 11.6 Å². The van der Waals surface area contributed by atoms with E-state index in [1.807, 2.05) is 4.90 Å². The third-order valence-electron chi connectivity index (χ3n) is 12.9. The number of carbonyl (C=O) groups is 3. The predicted molar refractivity (Wildman–Crippen MR) is 223 cm³/mol. The molecule has 2 aromatic heterocycles. The summed E-state index contributed by atoms with van der Waals surface area (Å²) in [5, 5.41) is 11.1. The predicted octanol–water partition coefficient (Wildman–Crippen LogP) is 5.85. The van der Waals surface area contributed by atoms with Gasteiger partial charge in [-0.1, -0.05) is 23.7 Å². The molecule has 328 valence electrons. The summed E-state index contributed by atoms with van der Waals surface area (Å²) in [7, 11) is 1.44. The van der Waals surface area contributed by atoms with Crippen molar-refractivity contribution < 1.29 is 36.7 Å². The van der Waals surface area contributed by atoms with E-state index >= 15 is 17.6 Å². The molecule has 3 saturated heterocycles. The van der Waals surface area contributed by atoms with E-state index < -0.39 is 59.5 Å². The Morgan fingerprint density at radius 1 is 1.02 bits per heavy atom. The maximum atomic E-state index is 15.8. The number of nitrogens with one attached hydrogen (secondary N) is 4. The molecule has 1 aliphatic carbocycles. The number of hydrogen-bond donors (Lipinski definition) is 4. The Bertz CT molecular complexity index is 2510. The van der Waals surface area contributed by atoms with E-state index in [0.717, 1.165) is 45.3 Å². The number of imide groups is 1. The average Bonchev–Trinajstić information content (AvgIpc) is 4.10. The minimum atomic E-state index is -3.22. The minimum Gasteiger partial charge on any atom is -0.480 e. The van der Waals surface area contributed by atoms with Gasteiger partial charge in [-0.15, -0.1) is 0 Å². The van der Waals surface area contributed by atoms with Gasteiger partial charge in [0.1, 0.15) is 22.7 Å². The molecule has 62 heavy (non-hydrogen) atoms. The van der Waals surface area contributed by atoms with Crippen molar-refractivity contribution >= 4 is 63.4 Å². The van der Waals surface area contributed by atoms with Crippen molar-refractivity contribution in [3.8, 4) is 5.75 Å². The Balaban J connectivity index is 0.819. The molecule has 2 unspecified atom stereocenters. The van der Waals surface area contributed by atoms with Crippen molar-refractivity contribution in [2.45, 2.75) is 75.3 Å². The zero-order chi connectivity index (χ0) is 43.4. The van der Waals surface area contributed by atoms with Crippen molar-refractivity contribution in [3.63, 3.8) is 0 Å². The lowest BCUT2D eigenvalue weighted by Gasteiger charge is -2.38. The van der Waals surface area contributed by atoms with E-state index in [1.165, 1.54) is 36.0 Å². The lowest BCUT2D eigenvalue weighted by molar-refractivity contribution is -0.134. The molecule has 0 spiro atoms. The molecule has 19 heteroatoms. The summed E-state index contributed by atoms with van der Waals surface area (Å²) in [5.74, 6) is -5.81. The van der Waals surface area contributed by atoms with E-state index in [0.29, 0.717) is 48.7 Å². The quantitative estimate of drug-likeness (QED) is 0.118. The van der Waals surface area contributed by atoms with Crippen molar-refractivity contribution in [2.75, 3.05) is 54.9 Å². The Labute approximate surface area is 358 Å². The maximum Gasteiger partial charge on any atom is 0.301 e. The Hall–Kier alpha value is -5.49. The van der Waals surface area contributed by atoms with Crippen LogP contribution < -0.4 is 36.5 Å². The number of benzene rings is 2. The third-order valence-corrected chi connectivity index (χ3v) is 13.2. The Morgan fingerprint density at radius 2 is 1.77 bits per heavy atom. The van der Waals surface area contributed by atoms with Gasteiger partial charge in [0.2, 0.25) is 23.5 Å².